The average Bonchev–Trinajstić information content (AvgIpc) is 3.38. The topological polar surface area (TPSA) is 56.1 Å². The fourth-order valence-corrected chi connectivity index (χ4v) is 3.65. The van der Waals surface area contributed by atoms with Gasteiger partial charge in [-0.2, -0.15) is 0 Å². The van der Waals surface area contributed by atoms with Crippen LogP contribution in [0, 0.1) is 24.7 Å². The molecule has 1 aliphatic heterocycles. The van der Waals surface area contributed by atoms with Crippen LogP contribution in [0.15, 0.2) is 18.5 Å². The first-order valence-electron chi connectivity index (χ1n) is 10.3. The molecule has 3 heterocycles. The summed E-state index contributed by atoms with van der Waals surface area (Å²) in [5.74, 6) is 7.39. The zero-order valence-electron chi connectivity index (χ0n) is 16.9. The summed E-state index contributed by atoms with van der Waals surface area (Å²) in [5.41, 5.74) is 3.69. The van der Waals surface area contributed by atoms with Crippen molar-refractivity contribution in [2.45, 2.75) is 51.7 Å². The molecule has 0 amide bonds. The highest BCUT2D eigenvalue weighted by atomic mass is 16.5. The predicted octanol–water partition coefficient (Wildman–Crippen LogP) is 2.91. The second-order valence-electron chi connectivity index (χ2n) is 8.15. The van der Waals surface area contributed by atoms with Gasteiger partial charge in [-0.1, -0.05) is 17.1 Å². The molecule has 1 aliphatic carbocycles. The van der Waals surface area contributed by atoms with Gasteiger partial charge in [-0.3, -0.25) is 9.88 Å². The van der Waals surface area contributed by atoms with Gasteiger partial charge in [0.15, 0.2) is 0 Å². The van der Waals surface area contributed by atoms with Gasteiger partial charge in [0, 0.05) is 24.9 Å². The number of pyridine rings is 1. The van der Waals surface area contributed by atoms with Gasteiger partial charge in [0.1, 0.15) is 5.69 Å². The molecule has 1 saturated carbocycles. The van der Waals surface area contributed by atoms with Crippen LogP contribution in [0.3, 0.4) is 0 Å². The Balaban J connectivity index is 1.37. The highest BCUT2D eigenvalue weighted by Gasteiger charge is 2.22. The molecule has 0 N–H and O–H groups in total. The van der Waals surface area contributed by atoms with Crippen LogP contribution >= 0.6 is 0 Å². The van der Waals surface area contributed by atoms with Crippen molar-refractivity contribution >= 4 is 0 Å². The largest absolute Gasteiger partial charge is 0.376 e. The molecule has 2 aromatic heterocycles. The Bertz CT molecular complexity index is 855. The average molecular weight is 380 g/mol. The van der Waals surface area contributed by atoms with Crippen LogP contribution in [-0.4, -0.2) is 57.7 Å². The van der Waals surface area contributed by atoms with Crippen LogP contribution in [0.2, 0.25) is 0 Å². The van der Waals surface area contributed by atoms with Crippen LogP contribution in [0.5, 0.6) is 0 Å². The zero-order valence-corrected chi connectivity index (χ0v) is 16.9. The molecule has 0 radical (unpaired) electrons. The van der Waals surface area contributed by atoms with Crippen LogP contribution in [0.25, 0.3) is 11.4 Å². The van der Waals surface area contributed by atoms with Gasteiger partial charge in [-0.05, 0) is 63.6 Å². The Labute approximate surface area is 167 Å². The van der Waals surface area contributed by atoms with Crippen molar-refractivity contribution in [3.8, 4) is 23.2 Å². The van der Waals surface area contributed by atoms with E-state index in [4.69, 9.17) is 4.74 Å². The van der Waals surface area contributed by atoms with E-state index in [0.29, 0.717) is 0 Å². The van der Waals surface area contributed by atoms with Crippen molar-refractivity contribution in [3.05, 3.63) is 29.6 Å². The van der Waals surface area contributed by atoms with E-state index in [1.165, 1.54) is 19.3 Å². The maximum Gasteiger partial charge on any atom is 0.131 e. The quantitative estimate of drug-likeness (QED) is 0.723. The fourth-order valence-electron chi connectivity index (χ4n) is 3.65. The Morgan fingerprint density at radius 1 is 1.29 bits per heavy atom. The Kier molecular flexibility index (Phi) is 6.04. The maximum atomic E-state index is 5.79. The van der Waals surface area contributed by atoms with Crippen molar-refractivity contribution in [2.24, 2.45) is 5.92 Å². The van der Waals surface area contributed by atoms with Gasteiger partial charge in [0.05, 0.1) is 31.1 Å². The van der Waals surface area contributed by atoms with E-state index in [9.17, 15) is 0 Å². The van der Waals surface area contributed by atoms with Crippen molar-refractivity contribution in [2.75, 3.05) is 26.7 Å². The number of hydrogen-bond acceptors (Lipinski definition) is 5. The maximum absolute atomic E-state index is 5.79. The molecule has 0 aromatic carbocycles. The third kappa shape index (κ3) is 5.18. The van der Waals surface area contributed by atoms with Gasteiger partial charge in [0.2, 0.25) is 0 Å². The molecular formula is C22H29N5O. The fraction of sp³-hybridized carbons (Fsp3) is 0.591. The molecule has 6 nitrogen and oxygen atoms in total. The summed E-state index contributed by atoms with van der Waals surface area (Å²) in [5, 5.41) is 8.57. The zero-order chi connectivity index (χ0) is 19.3. The smallest absolute Gasteiger partial charge is 0.131 e. The van der Waals surface area contributed by atoms with Gasteiger partial charge in [-0.25, -0.2) is 4.68 Å². The molecule has 2 fully saturated rings. The van der Waals surface area contributed by atoms with Gasteiger partial charge in [-0.15, -0.1) is 5.10 Å². The first-order valence-corrected chi connectivity index (χ1v) is 10.3. The van der Waals surface area contributed by atoms with E-state index in [-0.39, 0.29) is 6.10 Å². The minimum atomic E-state index is 0.244. The summed E-state index contributed by atoms with van der Waals surface area (Å²) in [6.07, 6.45) is 10.3. The molecule has 0 bridgehead atoms. The number of ether oxygens (including phenoxy) is 1. The minimum Gasteiger partial charge on any atom is -0.376 e. The molecule has 2 aromatic rings. The first-order chi connectivity index (χ1) is 13.7. The molecular weight excluding hydrogens is 350 g/mol. The van der Waals surface area contributed by atoms with E-state index in [0.717, 1.165) is 67.5 Å². The molecule has 6 heteroatoms. The molecule has 148 valence electrons. The van der Waals surface area contributed by atoms with E-state index < -0.39 is 0 Å². The second kappa shape index (κ2) is 8.85. The van der Waals surface area contributed by atoms with Crippen LogP contribution < -0.4 is 0 Å². The summed E-state index contributed by atoms with van der Waals surface area (Å²) >= 11 is 0. The summed E-state index contributed by atoms with van der Waals surface area (Å²) in [6, 6.07) is 2.08. The summed E-state index contributed by atoms with van der Waals surface area (Å²) in [7, 11) is 2.14. The molecule has 1 saturated heterocycles. The Morgan fingerprint density at radius 3 is 2.93 bits per heavy atom. The standard InChI is InChI=1S/C22H29N5O/c1-17-12-19(6-5-10-26(2)14-18-8-9-18)13-23-22(17)21-16-27(25-24-21)15-20-7-3-4-11-28-20/h12-13,16,18,20H,3-4,7-11,14-15H2,1-2H3/t20-/m1/s1. The summed E-state index contributed by atoms with van der Waals surface area (Å²) < 4.78 is 7.66. The predicted molar refractivity (Wildman–Crippen MR) is 109 cm³/mol. The van der Waals surface area contributed by atoms with E-state index >= 15 is 0 Å². The van der Waals surface area contributed by atoms with Crippen LogP contribution in [0.1, 0.15) is 43.2 Å². The number of aromatic nitrogens is 4. The van der Waals surface area contributed by atoms with E-state index in [1.807, 2.05) is 17.1 Å². The molecule has 0 unspecified atom stereocenters. The number of hydrogen-bond donors (Lipinski definition) is 0. The Morgan fingerprint density at radius 2 is 2.18 bits per heavy atom. The number of nitrogens with zero attached hydrogens (tertiary/aromatic N) is 5. The Hall–Kier alpha value is -2.23. The van der Waals surface area contributed by atoms with Crippen molar-refractivity contribution in [1.82, 2.24) is 24.9 Å². The number of rotatable bonds is 6. The van der Waals surface area contributed by atoms with Crippen molar-refractivity contribution < 1.29 is 4.74 Å². The van der Waals surface area contributed by atoms with Gasteiger partial charge < -0.3 is 4.74 Å². The van der Waals surface area contributed by atoms with Crippen LogP contribution in [-0.2, 0) is 11.3 Å². The van der Waals surface area contributed by atoms with Crippen molar-refractivity contribution in [1.29, 1.82) is 0 Å². The van der Waals surface area contributed by atoms with Crippen molar-refractivity contribution in [3.63, 3.8) is 0 Å². The minimum absolute atomic E-state index is 0.244. The lowest BCUT2D eigenvalue weighted by Crippen LogP contribution is -2.24. The molecule has 0 spiro atoms. The van der Waals surface area contributed by atoms with Gasteiger partial charge >= 0.3 is 0 Å². The summed E-state index contributed by atoms with van der Waals surface area (Å²) in [4.78, 5) is 6.90. The molecule has 28 heavy (non-hydrogen) atoms. The monoisotopic (exact) mass is 379 g/mol. The van der Waals surface area contributed by atoms with Gasteiger partial charge in [0.25, 0.3) is 0 Å². The molecule has 1 atom stereocenters. The summed E-state index contributed by atoms with van der Waals surface area (Å²) in [6.45, 7) is 5.62. The SMILES string of the molecule is Cc1cc(C#CCN(C)CC2CC2)cnc1-c1cn(C[C@H]2CCCCO2)nn1. The van der Waals surface area contributed by atoms with E-state index in [1.54, 1.807) is 0 Å². The molecule has 2 aliphatic rings. The lowest BCUT2D eigenvalue weighted by atomic mass is 10.1. The lowest BCUT2D eigenvalue weighted by molar-refractivity contribution is 0.00370. The van der Waals surface area contributed by atoms with Crippen LogP contribution in [0.4, 0.5) is 0 Å². The third-order valence-electron chi connectivity index (χ3n) is 5.37. The third-order valence-corrected chi connectivity index (χ3v) is 5.37. The lowest BCUT2D eigenvalue weighted by Gasteiger charge is -2.21. The second-order valence-corrected chi connectivity index (χ2v) is 8.15. The normalized spacial score (nSPS) is 19.5. The molecule has 4 rings (SSSR count). The highest BCUT2D eigenvalue weighted by molar-refractivity contribution is 5.58. The highest BCUT2D eigenvalue weighted by Crippen LogP contribution is 2.29. The van der Waals surface area contributed by atoms with E-state index in [2.05, 4.69) is 52.1 Å². The number of aryl methyl sites for hydroxylation is 1. The first kappa shape index (κ1) is 19.1.